The van der Waals surface area contributed by atoms with Crippen molar-refractivity contribution < 1.29 is 68.5 Å². The van der Waals surface area contributed by atoms with E-state index in [-0.39, 0.29) is 0 Å². The van der Waals surface area contributed by atoms with Crippen LogP contribution < -0.4 is 0 Å². The molecule has 0 amide bonds. The Balaban J connectivity index is 4.89. The molecule has 88 valence electrons. The Kier molecular flexibility index (Phi) is 3.98. The first-order valence-electron chi connectivity index (χ1n) is 3.10. The predicted molar refractivity (Wildman–Crippen MR) is 22.0 cm³/mol. The molecule has 0 aliphatic heterocycles. The summed E-state index contributed by atoms with van der Waals surface area (Å²) < 4.78 is 104. The van der Waals surface area contributed by atoms with E-state index in [0.29, 0.717) is 0 Å². The van der Waals surface area contributed by atoms with E-state index in [0.717, 1.165) is 0 Å². The van der Waals surface area contributed by atoms with Crippen LogP contribution in [0.15, 0.2) is 0 Å². The van der Waals surface area contributed by atoms with Gasteiger partial charge in [-0.2, -0.15) is 0 Å². The summed E-state index contributed by atoms with van der Waals surface area (Å²) >= 11 is -5.91. The number of alkyl halides is 10. The van der Waals surface area contributed by atoms with Gasteiger partial charge in [0, 0.05) is 0 Å². The molecule has 0 heterocycles. The SMILES string of the molecule is FC(F)(F)[C](F)(F)[Hg][C](F)(F)C(F)(F)F. The second-order valence-corrected chi connectivity index (χ2v) is 10.9. The summed E-state index contributed by atoms with van der Waals surface area (Å²) in [5.41, 5.74) is 0. The van der Waals surface area contributed by atoms with Gasteiger partial charge in [0.05, 0.1) is 0 Å². The van der Waals surface area contributed by atoms with Crippen molar-refractivity contribution in [3.8, 4) is 0 Å². The molecule has 0 atom stereocenters. The fourth-order valence-corrected chi connectivity index (χ4v) is 4.21. The van der Waals surface area contributed by atoms with Gasteiger partial charge in [0.15, 0.2) is 0 Å². The van der Waals surface area contributed by atoms with Gasteiger partial charge in [-0.1, -0.05) is 0 Å². The van der Waals surface area contributed by atoms with Gasteiger partial charge in [-0.25, -0.2) is 0 Å². The quantitative estimate of drug-likeness (QED) is 0.458. The third-order valence-corrected chi connectivity index (χ3v) is 7.84. The van der Waals surface area contributed by atoms with E-state index in [9.17, 15) is 43.9 Å². The first kappa shape index (κ1) is 15.2. The zero-order valence-electron chi connectivity index (χ0n) is 6.49. The molecule has 15 heavy (non-hydrogen) atoms. The van der Waals surface area contributed by atoms with Gasteiger partial charge in [-0.05, 0) is 0 Å². The Morgan fingerprint density at radius 2 is 0.667 bits per heavy atom. The third-order valence-electron chi connectivity index (χ3n) is 1.27. The van der Waals surface area contributed by atoms with Crippen molar-refractivity contribution in [1.82, 2.24) is 0 Å². The van der Waals surface area contributed by atoms with E-state index < -0.39 is 43.8 Å². The van der Waals surface area contributed by atoms with Crippen molar-refractivity contribution in [3.63, 3.8) is 0 Å². The van der Waals surface area contributed by atoms with Gasteiger partial charge < -0.3 is 0 Å². The maximum absolute atomic E-state index is 12.0. The zero-order valence-corrected chi connectivity index (χ0v) is 12.0. The second kappa shape index (κ2) is 3.92. The average Bonchev–Trinajstić information content (AvgIpc) is 1.77. The number of halogens is 10. The van der Waals surface area contributed by atoms with Crippen LogP contribution in [0.1, 0.15) is 0 Å². The van der Waals surface area contributed by atoms with Crippen LogP contribution in [-0.4, -0.2) is 19.2 Å². The Morgan fingerprint density at radius 1 is 0.467 bits per heavy atom. The summed E-state index contributed by atoms with van der Waals surface area (Å²) in [5.74, 6) is 0. The van der Waals surface area contributed by atoms with Crippen LogP contribution in [-0.2, 0) is 24.6 Å². The predicted octanol–water partition coefficient (Wildman–Crippen LogP) is 3.38. The normalized spacial score (nSPS) is 15.1. The van der Waals surface area contributed by atoms with Gasteiger partial charge >= 0.3 is 87.7 Å². The summed E-state index contributed by atoms with van der Waals surface area (Å²) in [6.45, 7) is 0. The van der Waals surface area contributed by atoms with E-state index in [1.165, 1.54) is 0 Å². The Bertz CT molecular complexity index is 199. The maximum atomic E-state index is 12.0. The summed E-state index contributed by atoms with van der Waals surface area (Å²) in [4.78, 5) is 0. The van der Waals surface area contributed by atoms with Crippen molar-refractivity contribution in [2.75, 3.05) is 0 Å². The van der Waals surface area contributed by atoms with Crippen LogP contribution in [0.5, 0.6) is 0 Å². The molecule has 0 aromatic carbocycles. The number of hydrogen-bond donors (Lipinski definition) is 0. The van der Waals surface area contributed by atoms with Gasteiger partial charge in [0.25, 0.3) is 0 Å². The summed E-state index contributed by atoms with van der Waals surface area (Å²) in [6.07, 6.45) is -12.7. The Morgan fingerprint density at radius 3 is 0.800 bits per heavy atom. The summed E-state index contributed by atoms with van der Waals surface area (Å²) in [5, 5.41) is 0. The minimum atomic E-state index is -6.34. The molecule has 0 fully saturated rings. The zero-order chi connectivity index (χ0) is 12.7. The van der Waals surface area contributed by atoms with Crippen LogP contribution in [0, 0.1) is 0 Å². The first-order chi connectivity index (χ1) is 6.21. The molecular formula is C4F10Hg. The van der Waals surface area contributed by atoms with Crippen LogP contribution in [0.2, 0.25) is 0 Å². The summed E-state index contributed by atoms with van der Waals surface area (Å²) in [6, 6.07) is 0. The minimum absolute atomic E-state index is 5.87. The standard InChI is InChI=1S/2C2F5.Hg/c2*3-1(4)2(5,6)7;. The van der Waals surface area contributed by atoms with E-state index >= 15 is 0 Å². The van der Waals surface area contributed by atoms with Crippen LogP contribution in [0.25, 0.3) is 0 Å². The number of rotatable bonds is 2. The van der Waals surface area contributed by atoms with Gasteiger partial charge in [0.2, 0.25) is 0 Å². The summed E-state index contributed by atoms with van der Waals surface area (Å²) in [7, 11) is 0. The Hall–Kier alpha value is 0.235. The van der Waals surface area contributed by atoms with Crippen molar-refractivity contribution >= 4 is 0 Å². The van der Waals surface area contributed by atoms with Crippen molar-refractivity contribution in [2.24, 2.45) is 0 Å². The molecule has 0 rings (SSSR count). The fourth-order valence-electron chi connectivity index (χ4n) is 0.479. The molecule has 0 N–H and O–H groups in total. The molecule has 0 aromatic rings. The molecule has 0 nitrogen and oxygen atoms in total. The monoisotopic (exact) mass is 440 g/mol. The first-order valence-corrected chi connectivity index (χ1v) is 8.59. The van der Waals surface area contributed by atoms with Crippen LogP contribution in [0.4, 0.5) is 43.9 Å². The molecule has 0 aliphatic carbocycles. The molecular weight excluding hydrogens is 439 g/mol. The Labute approximate surface area is 88.0 Å². The van der Waals surface area contributed by atoms with Gasteiger partial charge in [-0.3, -0.25) is 0 Å². The van der Waals surface area contributed by atoms with E-state index in [1.807, 2.05) is 0 Å². The van der Waals surface area contributed by atoms with Crippen LogP contribution >= 0.6 is 0 Å². The molecule has 0 aromatic heterocycles. The van der Waals surface area contributed by atoms with Crippen molar-refractivity contribution in [3.05, 3.63) is 0 Å². The second-order valence-electron chi connectivity index (χ2n) is 2.58. The van der Waals surface area contributed by atoms with E-state index in [4.69, 9.17) is 0 Å². The van der Waals surface area contributed by atoms with Crippen LogP contribution in [0.3, 0.4) is 0 Å². The van der Waals surface area contributed by atoms with Gasteiger partial charge in [-0.15, -0.1) is 0 Å². The molecule has 0 radical (unpaired) electrons. The van der Waals surface area contributed by atoms with Crippen molar-refractivity contribution in [1.29, 1.82) is 0 Å². The number of hydrogen-bond acceptors (Lipinski definition) is 0. The molecule has 0 saturated heterocycles. The molecule has 0 spiro atoms. The molecule has 0 aliphatic rings. The van der Waals surface area contributed by atoms with E-state index in [1.54, 1.807) is 0 Å². The van der Waals surface area contributed by atoms with E-state index in [2.05, 4.69) is 0 Å². The molecule has 11 heteroatoms. The van der Waals surface area contributed by atoms with Gasteiger partial charge in [0.1, 0.15) is 0 Å². The van der Waals surface area contributed by atoms with Crippen molar-refractivity contribution in [2.45, 2.75) is 19.2 Å². The fraction of sp³-hybridized carbons (Fsp3) is 1.00. The molecule has 0 saturated carbocycles. The molecule has 0 unspecified atom stereocenters. The average molecular weight is 439 g/mol. The molecule has 0 bridgehead atoms. The third kappa shape index (κ3) is 3.63. The topological polar surface area (TPSA) is 0 Å².